The number of amides is 1. The summed E-state index contributed by atoms with van der Waals surface area (Å²) in [5.74, 6) is 0.586. The van der Waals surface area contributed by atoms with E-state index in [4.69, 9.17) is 4.42 Å². The van der Waals surface area contributed by atoms with Gasteiger partial charge in [0.1, 0.15) is 5.76 Å². The van der Waals surface area contributed by atoms with Crippen molar-refractivity contribution in [3.8, 4) is 0 Å². The summed E-state index contributed by atoms with van der Waals surface area (Å²) in [5.41, 5.74) is 2.95. The van der Waals surface area contributed by atoms with Gasteiger partial charge in [0.15, 0.2) is 0 Å². The lowest BCUT2D eigenvalue weighted by molar-refractivity contribution is 0.0911. The molecule has 25 heavy (non-hydrogen) atoms. The van der Waals surface area contributed by atoms with Crippen molar-refractivity contribution in [1.82, 2.24) is 25.2 Å². The molecule has 0 aromatic carbocycles. The highest BCUT2D eigenvalue weighted by Crippen LogP contribution is 2.24. The van der Waals surface area contributed by atoms with Gasteiger partial charge in [0.05, 0.1) is 12.2 Å². The van der Waals surface area contributed by atoms with E-state index < -0.39 is 0 Å². The molecule has 1 N–H and O–H groups in total. The molecular formula is C18H17N5O2. The molecule has 0 unspecified atom stereocenters. The van der Waals surface area contributed by atoms with Gasteiger partial charge in [0.2, 0.25) is 0 Å². The van der Waals surface area contributed by atoms with E-state index in [9.17, 15) is 4.79 Å². The minimum absolute atomic E-state index is 0.125. The second-order valence-corrected chi connectivity index (χ2v) is 5.93. The maximum atomic E-state index is 12.2. The average molecular weight is 335 g/mol. The molecule has 0 atom stereocenters. The fourth-order valence-electron chi connectivity index (χ4n) is 2.82. The Balaban J connectivity index is 1.35. The monoisotopic (exact) mass is 335 g/mol. The minimum atomic E-state index is -0.301. The SMILES string of the molecule is O=C(NCc1ccncc1)c1nc2c(o1)CN(Cc1cccnc1)C2. The summed E-state index contributed by atoms with van der Waals surface area (Å²) in [7, 11) is 0. The van der Waals surface area contributed by atoms with Gasteiger partial charge in [0.25, 0.3) is 5.89 Å². The molecule has 1 aliphatic heterocycles. The van der Waals surface area contributed by atoms with E-state index in [0.29, 0.717) is 19.6 Å². The van der Waals surface area contributed by atoms with Crippen molar-refractivity contribution >= 4 is 5.91 Å². The molecule has 7 heteroatoms. The first-order valence-corrected chi connectivity index (χ1v) is 8.05. The Hall–Kier alpha value is -3.06. The number of carbonyl (C=O) groups is 1. The fraction of sp³-hybridized carbons (Fsp3) is 0.222. The molecule has 0 radical (unpaired) electrons. The summed E-state index contributed by atoms with van der Waals surface area (Å²) < 4.78 is 5.65. The number of carbonyl (C=O) groups excluding carboxylic acids is 1. The largest absolute Gasteiger partial charge is 0.436 e. The van der Waals surface area contributed by atoms with Crippen LogP contribution in [0.3, 0.4) is 0 Å². The van der Waals surface area contributed by atoms with E-state index in [-0.39, 0.29) is 11.8 Å². The number of oxazole rings is 1. The van der Waals surface area contributed by atoms with Crippen molar-refractivity contribution in [1.29, 1.82) is 0 Å². The van der Waals surface area contributed by atoms with Gasteiger partial charge in [-0.3, -0.25) is 19.7 Å². The molecule has 1 aliphatic rings. The zero-order valence-corrected chi connectivity index (χ0v) is 13.6. The van der Waals surface area contributed by atoms with Crippen molar-refractivity contribution in [2.75, 3.05) is 0 Å². The number of nitrogens with one attached hydrogen (secondary N) is 1. The van der Waals surface area contributed by atoms with Crippen LogP contribution in [-0.2, 0) is 26.2 Å². The van der Waals surface area contributed by atoms with Crippen LogP contribution in [0.4, 0.5) is 0 Å². The summed E-state index contributed by atoms with van der Waals surface area (Å²) in [6.45, 7) is 2.52. The molecule has 126 valence electrons. The van der Waals surface area contributed by atoms with E-state index in [1.807, 2.05) is 30.5 Å². The molecule has 4 rings (SSSR count). The van der Waals surface area contributed by atoms with Crippen molar-refractivity contribution in [3.05, 3.63) is 77.5 Å². The van der Waals surface area contributed by atoms with E-state index >= 15 is 0 Å². The summed E-state index contributed by atoms with van der Waals surface area (Å²) in [6, 6.07) is 7.67. The molecule has 0 aliphatic carbocycles. The van der Waals surface area contributed by atoms with Gasteiger partial charge in [0, 0.05) is 44.4 Å². The molecule has 4 heterocycles. The Labute approximate surface area is 144 Å². The Kier molecular flexibility index (Phi) is 4.22. The number of fused-ring (bicyclic) bond motifs is 1. The smallest absolute Gasteiger partial charge is 0.307 e. The summed E-state index contributed by atoms with van der Waals surface area (Å²) in [6.07, 6.45) is 7.00. The Morgan fingerprint density at radius 3 is 2.76 bits per heavy atom. The van der Waals surface area contributed by atoms with E-state index in [1.54, 1.807) is 18.6 Å². The highest BCUT2D eigenvalue weighted by atomic mass is 16.4. The second kappa shape index (κ2) is 6.82. The number of aromatic nitrogens is 3. The number of rotatable bonds is 5. The topological polar surface area (TPSA) is 84.2 Å². The first-order valence-electron chi connectivity index (χ1n) is 8.05. The molecule has 3 aromatic rings. The molecule has 7 nitrogen and oxygen atoms in total. The minimum Gasteiger partial charge on any atom is -0.436 e. The number of hydrogen-bond acceptors (Lipinski definition) is 6. The van der Waals surface area contributed by atoms with Crippen molar-refractivity contribution < 1.29 is 9.21 Å². The molecule has 0 bridgehead atoms. The van der Waals surface area contributed by atoms with E-state index in [0.717, 1.165) is 29.1 Å². The van der Waals surface area contributed by atoms with E-state index in [2.05, 4.69) is 25.2 Å². The van der Waals surface area contributed by atoms with Crippen LogP contribution < -0.4 is 5.32 Å². The fourth-order valence-corrected chi connectivity index (χ4v) is 2.82. The third kappa shape index (κ3) is 3.56. The molecule has 0 saturated heterocycles. The average Bonchev–Trinajstić information content (AvgIpc) is 3.20. The van der Waals surface area contributed by atoms with Crippen LogP contribution in [0.2, 0.25) is 0 Å². The predicted octanol–water partition coefficient (Wildman–Crippen LogP) is 1.91. The van der Waals surface area contributed by atoms with Crippen LogP contribution in [0, 0.1) is 0 Å². The Bertz CT molecular complexity index is 840. The summed E-state index contributed by atoms with van der Waals surface area (Å²) in [5, 5.41) is 2.81. The van der Waals surface area contributed by atoms with Crippen LogP contribution in [0.5, 0.6) is 0 Å². The lowest BCUT2D eigenvalue weighted by Crippen LogP contribution is -2.23. The highest BCUT2D eigenvalue weighted by molar-refractivity contribution is 5.89. The van der Waals surface area contributed by atoms with Crippen LogP contribution in [0.25, 0.3) is 0 Å². The molecule has 0 spiro atoms. The maximum absolute atomic E-state index is 12.2. The number of hydrogen-bond donors (Lipinski definition) is 1. The van der Waals surface area contributed by atoms with Crippen molar-refractivity contribution in [2.45, 2.75) is 26.2 Å². The quantitative estimate of drug-likeness (QED) is 0.767. The Morgan fingerprint density at radius 1 is 1.12 bits per heavy atom. The summed E-state index contributed by atoms with van der Waals surface area (Å²) >= 11 is 0. The van der Waals surface area contributed by atoms with Crippen molar-refractivity contribution in [2.24, 2.45) is 0 Å². The third-order valence-electron chi connectivity index (χ3n) is 4.04. The highest BCUT2D eigenvalue weighted by Gasteiger charge is 2.27. The van der Waals surface area contributed by atoms with Crippen LogP contribution in [0.1, 0.15) is 33.3 Å². The number of pyridine rings is 2. The van der Waals surface area contributed by atoms with Crippen LogP contribution >= 0.6 is 0 Å². The molecule has 1 amide bonds. The van der Waals surface area contributed by atoms with Gasteiger partial charge in [-0.15, -0.1) is 0 Å². The second-order valence-electron chi connectivity index (χ2n) is 5.93. The zero-order chi connectivity index (χ0) is 17.1. The van der Waals surface area contributed by atoms with Gasteiger partial charge in [-0.1, -0.05) is 6.07 Å². The lowest BCUT2D eigenvalue weighted by atomic mass is 10.3. The third-order valence-corrected chi connectivity index (χ3v) is 4.04. The first-order chi connectivity index (χ1) is 12.3. The standard InChI is InChI=1S/C18H17N5O2/c24-17(21-9-13-3-6-19-7-4-13)18-22-15-11-23(12-16(15)25-18)10-14-2-1-5-20-8-14/h1-8H,9-12H2,(H,21,24). The zero-order valence-electron chi connectivity index (χ0n) is 13.6. The normalized spacial score (nSPS) is 13.6. The molecule has 0 fully saturated rings. The van der Waals surface area contributed by atoms with Gasteiger partial charge >= 0.3 is 5.91 Å². The van der Waals surface area contributed by atoms with Crippen LogP contribution in [0.15, 0.2) is 53.5 Å². The predicted molar refractivity (Wildman–Crippen MR) is 89.1 cm³/mol. The first kappa shape index (κ1) is 15.5. The van der Waals surface area contributed by atoms with Crippen molar-refractivity contribution in [3.63, 3.8) is 0 Å². The molecular weight excluding hydrogens is 318 g/mol. The molecule has 0 saturated carbocycles. The summed E-state index contributed by atoms with van der Waals surface area (Å²) in [4.78, 5) is 26.8. The van der Waals surface area contributed by atoms with Gasteiger partial charge < -0.3 is 9.73 Å². The van der Waals surface area contributed by atoms with E-state index in [1.165, 1.54) is 0 Å². The number of nitrogens with zero attached hydrogens (tertiary/aromatic N) is 4. The molecule has 3 aromatic heterocycles. The lowest BCUT2D eigenvalue weighted by Gasteiger charge is -2.13. The van der Waals surface area contributed by atoms with Crippen LogP contribution in [-0.4, -0.2) is 25.8 Å². The maximum Gasteiger partial charge on any atom is 0.307 e. The van der Waals surface area contributed by atoms with Gasteiger partial charge in [-0.25, -0.2) is 4.98 Å². The van der Waals surface area contributed by atoms with Gasteiger partial charge in [-0.2, -0.15) is 0 Å². The Morgan fingerprint density at radius 2 is 2.00 bits per heavy atom. The van der Waals surface area contributed by atoms with Gasteiger partial charge in [-0.05, 0) is 29.3 Å².